The highest BCUT2D eigenvalue weighted by Gasteiger charge is 2.19. The molecule has 0 spiro atoms. The minimum Gasteiger partial charge on any atom is -0.378 e. The highest BCUT2D eigenvalue weighted by atomic mass is 16.5. The number of fused-ring (bicyclic) bond motifs is 1. The van der Waals surface area contributed by atoms with Crippen LogP contribution in [0.3, 0.4) is 0 Å². The first kappa shape index (κ1) is 22.1. The average Bonchev–Trinajstić information content (AvgIpc) is 2.83. The van der Waals surface area contributed by atoms with Crippen LogP contribution in [-0.4, -0.2) is 43.8 Å². The number of benzene rings is 2. The summed E-state index contributed by atoms with van der Waals surface area (Å²) in [4.78, 5) is 29.8. The number of anilines is 2. The number of pyridine rings is 1. The molecule has 3 aromatic rings. The van der Waals surface area contributed by atoms with Gasteiger partial charge in [-0.3, -0.25) is 9.59 Å². The van der Waals surface area contributed by atoms with E-state index < -0.39 is 0 Å². The zero-order chi connectivity index (χ0) is 22.7. The minimum atomic E-state index is -0.0517. The first-order chi connectivity index (χ1) is 15.5. The summed E-state index contributed by atoms with van der Waals surface area (Å²) in [6, 6.07) is 15.5. The Labute approximate surface area is 189 Å². The van der Waals surface area contributed by atoms with Gasteiger partial charge in [-0.05, 0) is 49.2 Å². The monoisotopic (exact) mass is 433 g/mol. The third-order valence-electron chi connectivity index (χ3n) is 6.17. The summed E-state index contributed by atoms with van der Waals surface area (Å²) in [5, 5.41) is 0.976. The fourth-order valence-corrected chi connectivity index (χ4v) is 4.37. The van der Waals surface area contributed by atoms with E-state index >= 15 is 0 Å². The van der Waals surface area contributed by atoms with Crippen LogP contribution in [0.4, 0.5) is 11.4 Å². The van der Waals surface area contributed by atoms with Gasteiger partial charge < -0.3 is 19.1 Å². The number of carbonyl (C=O) groups excluding carboxylic acids is 1. The van der Waals surface area contributed by atoms with E-state index in [1.807, 2.05) is 49.4 Å². The summed E-state index contributed by atoms with van der Waals surface area (Å²) in [7, 11) is 1.80. The SMILES string of the molecule is CCCc1ccc(C(=O)N(C)c2ccc3c(c2)c(N2CCOCC2)cc(=O)n3CC)cc1. The van der Waals surface area contributed by atoms with Gasteiger partial charge in [0.1, 0.15) is 0 Å². The van der Waals surface area contributed by atoms with E-state index in [1.54, 1.807) is 22.6 Å². The van der Waals surface area contributed by atoms with Crippen molar-refractivity contribution in [1.29, 1.82) is 0 Å². The molecule has 1 fully saturated rings. The second kappa shape index (κ2) is 9.57. The van der Waals surface area contributed by atoms with Crippen LogP contribution >= 0.6 is 0 Å². The molecule has 1 saturated heterocycles. The van der Waals surface area contributed by atoms with Gasteiger partial charge in [-0.1, -0.05) is 25.5 Å². The molecule has 0 saturated carbocycles. The van der Waals surface area contributed by atoms with Crippen molar-refractivity contribution in [2.24, 2.45) is 0 Å². The maximum atomic E-state index is 13.2. The molecule has 6 heteroatoms. The number of rotatable bonds is 6. The maximum absolute atomic E-state index is 13.2. The molecule has 168 valence electrons. The molecule has 0 aliphatic carbocycles. The Morgan fingerprint density at radius 1 is 1.03 bits per heavy atom. The van der Waals surface area contributed by atoms with Crippen molar-refractivity contribution < 1.29 is 9.53 Å². The van der Waals surface area contributed by atoms with E-state index in [-0.39, 0.29) is 11.5 Å². The van der Waals surface area contributed by atoms with Gasteiger partial charge in [-0.25, -0.2) is 0 Å². The predicted molar refractivity (Wildman–Crippen MR) is 130 cm³/mol. The zero-order valence-electron chi connectivity index (χ0n) is 19.1. The average molecular weight is 434 g/mol. The molecule has 6 nitrogen and oxygen atoms in total. The van der Waals surface area contributed by atoms with Crippen LogP contribution in [0.5, 0.6) is 0 Å². The van der Waals surface area contributed by atoms with Crippen LogP contribution in [0.1, 0.15) is 36.2 Å². The molecule has 4 rings (SSSR count). The van der Waals surface area contributed by atoms with Crippen LogP contribution in [0.25, 0.3) is 10.9 Å². The van der Waals surface area contributed by atoms with Gasteiger partial charge in [0.25, 0.3) is 11.5 Å². The third kappa shape index (κ3) is 4.28. The fraction of sp³-hybridized carbons (Fsp3) is 0.385. The highest BCUT2D eigenvalue weighted by Crippen LogP contribution is 2.30. The number of hydrogen-bond acceptors (Lipinski definition) is 4. The number of aryl methyl sites for hydroxylation is 2. The number of hydrogen-bond donors (Lipinski definition) is 0. The lowest BCUT2D eigenvalue weighted by molar-refractivity contribution is 0.0993. The van der Waals surface area contributed by atoms with Gasteiger partial charge in [0.05, 0.1) is 24.4 Å². The summed E-state index contributed by atoms with van der Waals surface area (Å²) in [6.07, 6.45) is 2.09. The van der Waals surface area contributed by atoms with E-state index in [1.165, 1.54) is 5.56 Å². The van der Waals surface area contributed by atoms with E-state index in [0.717, 1.165) is 48.2 Å². The van der Waals surface area contributed by atoms with Crippen molar-refractivity contribution in [3.63, 3.8) is 0 Å². The van der Waals surface area contributed by atoms with Gasteiger partial charge in [0.15, 0.2) is 0 Å². The van der Waals surface area contributed by atoms with Gasteiger partial charge in [0.2, 0.25) is 0 Å². The van der Waals surface area contributed by atoms with Crippen LogP contribution in [0.2, 0.25) is 0 Å². The number of morpholine rings is 1. The summed E-state index contributed by atoms with van der Waals surface area (Å²) < 4.78 is 7.27. The van der Waals surface area contributed by atoms with Crippen molar-refractivity contribution in [3.05, 3.63) is 70.0 Å². The third-order valence-corrected chi connectivity index (χ3v) is 6.17. The smallest absolute Gasteiger partial charge is 0.258 e. The molecule has 0 N–H and O–H groups in total. The Morgan fingerprint density at radius 3 is 2.41 bits per heavy atom. The molecule has 32 heavy (non-hydrogen) atoms. The van der Waals surface area contributed by atoms with E-state index in [4.69, 9.17) is 4.74 Å². The van der Waals surface area contributed by atoms with Crippen molar-refractivity contribution in [1.82, 2.24) is 4.57 Å². The molecule has 0 radical (unpaired) electrons. The maximum Gasteiger partial charge on any atom is 0.258 e. The summed E-state index contributed by atoms with van der Waals surface area (Å²) in [6.45, 7) is 7.49. The summed E-state index contributed by atoms with van der Waals surface area (Å²) >= 11 is 0. The molecule has 0 atom stereocenters. The van der Waals surface area contributed by atoms with Crippen molar-refractivity contribution in [3.8, 4) is 0 Å². The normalized spacial score (nSPS) is 14.0. The quantitative estimate of drug-likeness (QED) is 0.588. The van der Waals surface area contributed by atoms with Gasteiger partial charge in [-0.2, -0.15) is 0 Å². The Balaban J connectivity index is 1.73. The molecule has 0 unspecified atom stereocenters. The van der Waals surface area contributed by atoms with Gasteiger partial charge in [-0.15, -0.1) is 0 Å². The summed E-state index contributed by atoms with van der Waals surface area (Å²) in [5.41, 5.74) is 4.49. The zero-order valence-corrected chi connectivity index (χ0v) is 19.1. The van der Waals surface area contributed by atoms with Gasteiger partial charge >= 0.3 is 0 Å². The predicted octanol–water partition coefficient (Wildman–Crippen LogP) is 4.09. The number of amides is 1. The Kier molecular flexibility index (Phi) is 6.61. The van der Waals surface area contributed by atoms with Crippen LogP contribution in [0, 0.1) is 0 Å². The molecule has 2 aromatic carbocycles. The Bertz CT molecular complexity index is 1160. The van der Waals surface area contributed by atoms with Crippen molar-refractivity contribution >= 4 is 28.2 Å². The minimum absolute atomic E-state index is 0.00848. The van der Waals surface area contributed by atoms with Crippen LogP contribution in [0.15, 0.2) is 53.3 Å². The number of nitrogens with zero attached hydrogens (tertiary/aromatic N) is 3. The summed E-state index contributed by atoms with van der Waals surface area (Å²) in [5.74, 6) is -0.0517. The lowest BCUT2D eigenvalue weighted by Crippen LogP contribution is -2.37. The molecule has 1 aliphatic rings. The molecule has 0 bridgehead atoms. The molecular weight excluding hydrogens is 402 g/mol. The molecule has 1 amide bonds. The lowest BCUT2D eigenvalue weighted by Gasteiger charge is -2.30. The number of ether oxygens (including phenoxy) is 1. The van der Waals surface area contributed by atoms with E-state index in [0.29, 0.717) is 25.3 Å². The standard InChI is InChI=1S/C26H31N3O3/c1-4-6-19-7-9-20(10-8-19)26(31)27(3)21-11-12-23-22(17-21)24(18-25(30)29(23)5-2)28-13-15-32-16-14-28/h7-12,17-18H,4-6,13-16H2,1-3H3. The fourth-order valence-electron chi connectivity index (χ4n) is 4.37. The second-order valence-corrected chi connectivity index (χ2v) is 8.22. The highest BCUT2D eigenvalue weighted by molar-refractivity contribution is 6.07. The van der Waals surface area contributed by atoms with Gasteiger partial charge in [0, 0.05) is 49.4 Å². The lowest BCUT2D eigenvalue weighted by atomic mass is 10.1. The van der Waals surface area contributed by atoms with Crippen LogP contribution in [-0.2, 0) is 17.7 Å². The topological polar surface area (TPSA) is 54.8 Å². The van der Waals surface area contributed by atoms with Crippen molar-refractivity contribution in [2.75, 3.05) is 43.2 Å². The van der Waals surface area contributed by atoms with Crippen LogP contribution < -0.4 is 15.4 Å². The first-order valence-corrected chi connectivity index (χ1v) is 11.4. The largest absolute Gasteiger partial charge is 0.378 e. The molecular formula is C26H31N3O3. The van der Waals surface area contributed by atoms with E-state index in [2.05, 4.69) is 11.8 Å². The second-order valence-electron chi connectivity index (χ2n) is 8.22. The van der Waals surface area contributed by atoms with E-state index in [9.17, 15) is 9.59 Å². The molecule has 1 aliphatic heterocycles. The first-order valence-electron chi connectivity index (χ1n) is 11.4. The molecule has 2 heterocycles. The molecule has 1 aromatic heterocycles. The van der Waals surface area contributed by atoms with Crippen molar-refractivity contribution in [2.45, 2.75) is 33.2 Å². The number of aromatic nitrogens is 1. The number of carbonyl (C=O) groups is 1. The Morgan fingerprint density at radius 2 is 1.75 bits per heavy atom. The Hall–Kier alpha value is -3.12.